The van der Waals surface area contributed by atoms with Crippen LogP contribution in [-0.4, -0.2) is 101 Å². The van der Waals surface area contributed by atoms with E-state index >= 15 is 0 Å². The lowest BCUT2D eigenvalue weighted by Gasteiger charge is -2.38. The van der Waals surface area contributed by atoms with Crippen LogP contribution in [0.1, 0.15) is 11.1 Å². The fourth-order valence-electron chi connectivity index (χ4n) is 4.66. The molecule has 0 saturated carbocycles. The number of ether oxygens (including phenoxy) is 6. The lowest BCUT2D eigenvalue weighted by molar-refractivity contribution is -0.153. The summed E-state index contributed by atoms with van der Waals surface area (Å²) in [4.78, 5) is 40.4. The molecular formula is C33H38N2O10. The van der Waals surface area contributed by atoms with Crippen LogP contribution in [0.25, 0.3) is 12.2 Å². The van der Waals surface area contributed by atoms with Crippen molar-refractivity contribution in [3.05, 3.63) is 71.8 Å². The van der Waals surface area contributed by atoms with E-state index in [2.05, 4.69) is 0 Å². The van der Waals surface area contributed by atoms with Gasteiger partial charge in [-0.15, -0.1) is 0 Å². The van der Waals surface area contributed by atoms with Gasteiger partial charge in [-0.2, -0.15) is 0 Å². The maximum absolute atomic E-state index is 12.9. The summed E-state index contributed by atoms with van der Waals surface area (Å²) < 4.78 is 32.1. The number of hydrogen-bond acceptors (Lipinski definition) is 9. The standard InChI is InChI=1S/C33H38N2O10/c1-40-25-17-22(18-26(41-2)31(25)44-5)11-7-9-13-29(36)34-15-16-35(24(21-34)33(38)39)30(37)14-10-8-12-23-19-27(42-3)32(45-6)28(20-23)43-4/h7-14,17-20,24H,15-16,21H2,1-6H3,(H,38,39)/b11-7+,12-8+,13-9+,14-10+. The monoisotopic (exact) mass is 622 g/mol. The van der Waals surface area contributed by atoms with E-state index in [-0.39, 0.29) is 25.5 Å². The van der Waals surface area contributed by atoms with Crippen LogP contribution in [0.2, 0.25) is 0 Å². The van der Waals surface area contributed by atoms with E-state index in [1.807, 2.05) is 0 Å². The maximum Gasteiger partial charge on any atom is 0.328 e. The number of benzene rings is 2. The first-order chi connectivity index (χ1) is 21.7. The topological polar surface area (TPSA) is 133 Å². The van der Waals surface area contributed by atoms with E-state index in [4.69, 9.17) is 28.4 Å². The van der Waals surface area contributed by atoms with Gasteiger partial charge >= 0.3 is 5.97 Å². The summed E-state index contributed by atoms with van der Waals surface area (Å²) in [6.07, 6.45) is 12.5. The van der Waals surface area contributed by atoms with Gasteiger partial charge in [-0.1, -0.05) is 36.5 Å². The number of methoxy groups -OCH3 is 6. The molecule has 1 unspecified atom stereocenters. The fourth-order valence-corrected chi connectivity index (χ4v) is 4.66. The zero-order valence-corrected chi connectivity index (χ0v) is 26.1. The molecule has 1 saturated heterocycles. The smallest absolute Gasteiger partial charge is 0.328 e. The molecule has 240 valence electrons. The molecule has 1 fully saturated rings. The van der Waals surface area contributed by atoms with Crippen LogP contribution in [0, 0.1) is 0 Å². The maximum atomic E-state index is 12.9. The Morgan fingerprint density at radius 2 is 1.07 bits per heavy atom. The predicted molar refractivity (Wildman–Crippen MR) is 168 cm³/mol. The average molecular weight is 623 g/mol. The van der Waals surface area contributed by atoms with Crippen molar-refractivity contribution in [3.8, 4) is 34.5 Å². The molecule has 1 atom stereocenters. The van der Waals surface area contributed by atoms with E-state index in [0.717, 1.165) is 11.1 Å². The third-order valence-corrected chi connectivity index (χ3v) is 6.91. The van der Waals surface area contributed by atoms with Crippen molar-refractivity contribution in [2.45, 2.75) is 6.04 Å². The van der Waals surface area contributed by atoms with E-state index < -0.39 is 17.9 Å². The van der Waals surface area contributed by atoms with Crippen LogP contribution in [-0.2, 0) is 14.4 Å². The minimum Gasteiger partial charge on any atom is -0.493 e. The molecule has 0 bridgehead atoms. The van der Waals surface area contributed by atoms with Gasteiger partial charge in [0.1, 0.15) is 6.04 Å². The zero-order valence-electron chi connectivity index (χ0n) is 26.1. The van der Waals surface area contributed by atoms with Gasteiger partial charge in [-0.25, -0.2) is 4.79 Å². The van der Waals surface area contributed by atoms with Crippen molar-refractivity contribution in [1.82, 2.24) is 9.80 Å². The highest BCUT2D eigenvalue weighted by Gasteiger charge is 2.35. The lowest BCUT2D eigenvalue weighted by atomic mass is 10.1. The number of carbonyl (C=O) groups is 3. The summed E-state index contributed by atoms with van der Waals surface area (Å²) in [5, 5.41) is 9.82. The summed E-state index contributed by atoms with van der Waals surface area (Å²) >= 11 is 0. The molecule has 2 aromatic carbocycles. The number of carboxylic acids is 1. The van der Waals surface area contributed by atoms with Gasteiger partial charge in [0.05, 0.1) is 49.2 Å². The van der Waals surface area contributed by atoms with E-state index in [9.17, 15) is 19.5 Å². The van der Waals surface area contributed by atoms with Gasteiger partial charge in [0.25, 0.3) is 0 Å². The summed E-state index contributed by atoms with van der Waals surface area (Å²) in [7, 11) is 9.11. The molecule has 1 aliphatic rings. The van der Waals surface area contributed by atoms with Gasteiger partial charge < -0.3 is 43.3 Å². The molecular weight excluding hydrogens is 584 g/mol. The number of amides is 2. The summed E-state index contributed by atoms with van der Waals surface area (Å²) in [5.41, 5.74) is 1.49. The second-order valence-electron chi connectivity index (χ2n) is 9.52. The number of carboxylic acid groups (broad SMARTS) is 1. The molecule has 0 radical (unpaired) electrons. The van der Waals surface area contributed by atoms with E-state index in [1.54, 1.807) is 54.6 Å². The minimum absolute atomic E-state index is 0.0671. The number of piperazine rings is 1. The predicted octanol–water partition coefficient (Wildman–Crippen LogP) is 3.70. The first kappa shape index (κ1) is 34.1. The molecule has 0 aliphatic carbocycles. The van der Waals surface area contributed by atoms with Gasteiger partial charge in [0, 0.05) is 25.2 Å². The first-order valence-electron chi connectivity index (χ1n) is 13.8. The molecule has 45 heavy (non-hydrogen) atoms. The Hall–Kier alpha value is -5.39. The normalized spacial score (nSPS) is 15.2. The van der Waals surface area contributed by atoms with Crippen molar-refractivity contribution < 1.29 is 47.9 Å². The molecule has 0 aromatic heterocycles. The van der Waals surface area contributed by atoms with E-state index in [0.29, 0.717) is 34.5 Å². The quantitative estimate of drug-likeness (QED) is 0.260. The second-order valence-corrected chi connectivity index (χ2v) is 9.52. The number of hydrogen-bond donors (Lipinski definition) is 1. The first-order valence-corrected chi connectivity index (χ1v) is 13.8. The SMILES string of the molecule is COc1cc(/C=C/C=C/C(=O)N2CCN(C(=O)/C=C/C=C/c3cc(OC)c(OC)c(OC)c3)C(C(=O)O)C2)cc(OC)c1OC. The highest BCUT2D eigenvalue weighted by atomic mass is 16.5. The zero-order chi connectivity index (χ0) is 32.9. The molecule has 1 heterocycles. The summed E-state index contributed by atoms with van der Waals surface area (Å²) in [5.74, 6) is 0.837. The number of nitrogens with zero attached hydrogens (tertiary/aromatic N) is 2. The molecule has 3 rings (SSSR count). The van der Waals surface area contributed by atoms with Crippen LogP contribution < -0.4 is 28.4 Å². The van der Waals surface area contributed by atoms with Crippen LogP contribution in [0.15, 0.2) is 60.7 Å². The number of rotatable bonds is 13. The molecule has 1 N–H and O–H groups in total. The second kappa shape index (κ2) is 16.5. The van der Waals surface area contributed by atoms with Crippen molar-refractivity contribution >= 4 is 29.9 Å². The molecule has 12 nitrogen and oxygen atoms in total. The van der Waals surface area contributed by atoms with Gasteiger partial charge in [-0.3, -0.25) is 9.59 Å². The van der Waals surface area contributed by atoms with Crippen molar-refractivity contribution in [1.29, 1.82) is 0 Å². The lowest BCUT2D eigenvalue weighted by Crippen LogP contribution is -2.58. The molecule has 12 heteroatoms. The Morgan fingerprint density at radius 3 is 1.44 bits per heavy atom. The highest BCUT2D eigenvalue weighted by molar-refractivity contribution is 5.93. The number of carbonyl (C=O) groups excluding carboxylic acids is 2. The Bertz CT molecular complexity index is 1440. The third-order valence-electron chi connectivity index (χ3n) is 6.91. The van der Waals surface area contributed by atoms with Gasteiger partial charge in [0.2, 0.25) is 23.3 Å². The van der Waals surface area contributed by atoms with Crippen LogP contribution in [0.3, 0.4) is 0 Å². The molecule has 2 amide bonds. The Balaban J connectivity index is 1.63. The summed E-state index contributed by atoms with van der Waals surface area (Å²) in [6.45, 7) is 0.109. The minimum atomic E-state index is -1.20. The Kier molecular flexibility index (Phi) is 12.5. The Morgan fingerprint density at radius 1 is 0.644 bits per heavy atom. The number of aliphatic carboxylic acids is 1. The highest BCUT2D eigenvalue weighted by Crippen LogP contribution is 2.39. The largest absolute Gasteiger partial charge is 0.493 e. The van der Waals surface area contributed by atoms with Crippen molar-refractivity contribution in [2.24, 2.45) is 0 Å². The van der Waals surface area contributed by atoms with Crippen molar-refractivity contribution in [2.75, 3.05) is 62.3 Å². The molecule has 1 aliphatic heterocycles. The Labute approximate surface area is 262 Å². The van der Waals surface area contributed by atoms with Gasteiger partial charge in [0.15, 0.2) is 23.0 Å². The summed E-state index contributed by atoms with van der Waals surface area (Å²) in [6, 6.07) is 5.84. The average Bonchev–Trinajstić information content (AvgIpc) is 3.06. The molecule has 0 spiro atoms. The third kappa shape index (κ3) is 8.59. The molecule has 2 aromatic rings. The fraction of sp³-hybridized carbons (Fsp3) is 0.303. The van der Waals surface area contributed by atoms with Crippen LogP contribution in [0.5, 0.6) is 34.5 Å². The number of allylic oxidation sites excluding steroid dienone is 4. The van der Waals surface area contributed by atoms with Crippen LogP contribution in [0.4, 0.5) is 0 Å². The van der Waals surface area contributed by atoms with Gasteiger partial charge in [-0.05, 0) is 35.4 Å². The van der Waals surface area contributed by atoms with Crippen LogP contribution >= 0.6 is 0 Å². The van der Waals surface area contributed by atoms with Crippen molar-refractivity contribution in [3.63, 3.8) is 0 Å². The van der Waals surface area contributed by atoms with E-state index in [1.165, 1.54) is 70.7 Å².